The van der Waals surface area contributed by atoms with Gasteiger partial charge in [0.05, 0.1) is 18.2 Å². The Balaban J connectivity index is 2.54. The fourth-order valence-electron chi connectivity index (χ4n) is 1.92. The van der Waals surface area contributed by atoms with Crippen LogP contribution in [-0.2, 0) is 14.4 Å². The van der Waals surface area contributed by atoms with Crippen molar-refractivity contribution >= 4 is 5.97 Å². The summed E-state index contributed by atoms with van der Waals surface area (Å²) in [7, 11) is 0. The Labute approximate surface area is 109 Å². The molecule has 1 heterocycles. The van der Waals surface area contributed by atoms with Gasteiger partial charge in [-0.1, -0.05) is 32.6 Å². The molecule has 0 radical (unpaired) electrons. The van der Waals surface area contributed by atoms with Crippen LogP contribution in [0.2, 0.25) is 0 Å². The van der Waals surface area contributed by atoms with E-state index in [1.165, 1.54) is 12.8 Å². The van der Waals surface area contributed by atoms with E-state index in [0.717, 1.165) is 25.0 Å². The van der Waals surface area contributed by atoms with Gasteiger partial charge < -0.3 is 9.57 Å². The van der Waals surface area contributed by atoms with E-state index >= 15 is 0 Å². The minimum Gasteiger partial charge on any atom is -0.465 e. The first-order valence-corrected chi connectivity index (χ1v) is 6.74. The van der Waals surface area contributed by atoms with E-state index in [1.807, 2.05) is 13.0 Å². The van der Waals surface area contributed by atoms with Crippen LogP contribution in [0.25, 0.3) is 0 Å². The average molecular weight is 253 g/mol. The molecule has 0 amide bonds. The lowest BCUT2D eigenvalue weighted by atomic mass is 9.97. The lowest BCUT2D eigenvalue weighted by Gasteiger charge is -2.20. The van der Waals surface area contributed by atoms with Crippen LogP contribution >= 0.6 is 0 Å². The predicted molar refractivity (Wildman–Crippen MR) is 70.3 cm³/mol. The number of unbranched alkanes of at least 4 members (excludes halogenated alkanes) is 3. The zero-order valence-electron chi connectivity index (χ0n) is 11.3. The van der Waals surface area contributed by atoms with Crippen molar-refractivity contribution in [3.05, 3.63) is 24.1 Å². The van der Waals surface area contributed by atoms with Crippen molar-refractivity contribution in [3.8, 4) is 0 Å². The summed E-state index contributed by atoms with van der Waals surface area (Å²) in [4.78, 5) is 16.9. The number of hydrogen-bond donors (Lipinski definition) is 1. The summed E-state index contributed by atoms with van der Waals surface area (Å²) in [6, 6.07) is 0. The van der Waals surface area contributed by atoms with Crippen molar-refractivity contribution in [2.75, 3.05) is 6.61 Å². The third kappa shape index (κ3) is 4.82. The molecule has 0 spiro atoms. The zero-order valence-corrected chi connectivity index (χ0v) is 11.3. The van der Waals surface area contributed by atoms with E-state index in [1.54, 1.807) is 12.3 Å². The maximum Gasteiger partial charge on any atom is 0.315 e. The van der Waals surface area contributed by atoms with E-state index < -0.39 is 0 Å². The predicted octanol–water partition coefficient (Wildman–Crippen LogP) is 3.07. The van der Waals surface area contributed by atoms with Crippen LogP contribution < -0.4 is 5.48 Å². The smallest absolute Gasteiger partial charge is 0.315 e. The molecule has 1 aliphatic heterocycles. The minimum atomic E-state index is -0.244. The van der Waals surface area contributed by atoms with Crippen LogP contribution in [0.5, 0.6) is 0 Å². The van der Waals surface area contributed by atoms with E-state index in [2.05, 4.69) is 12.4 Å². The van der Waals surface area contributed by atoms with Crippen LogP contribution in [0.4, 0.5) is 0 Å². The van der Waals surface area contributed by atoms with Crippen molar-refractivity contribution in [3.63, 3.8) is 0 Å². The number of carbonyl (C=O) groups is 1. The Morgan fingerprint density at radius 2 is 2.22 bits per heavy atom. The number of allylic oxidation sites excluding steroid dienone is 2. The van der Waals surface area contributed by atoms with Gasteiger partial charge in [0.1, 0.15) is 6.26 Å². The lowest BCUT2D eigenvalue weighted by molar-refractivity contribution is -0.147. The highest BCUT2D eigenvalue weighted by molar-refractivity contribution is 5.75. The second kappa shape index (κ2) is 8.61. The van der Waals surface area contributed by atoms with Gasteiger partial charge in [-0.25, -0.2) is 5.48 Å². The molecule has 0 saturated heterocycles. The van der Waals surface area contributed by atoms with Gasteiger partial charge in [-0.05, 0) is 25.5 Å². The van der Waals surface area contributed by atoms with E-state index in [0.29, 0.717) is 6.61 Å². The third-order valence-electron chi connectivity index (χ3n) is 2.89. The molecule has 18 heavy (non-hydrogen) atoms. The Bertz CT molecular complexity index is 310. The van der Waals surface area contributed by atoms with Crippen molar-refractivity contribution < 1.29 is 14.4 Å². The summed E-state index contributed by atoms with van der Waals surface area (Å²) in [5.41, 5.74) is 3.56. The molecule has 1 unspecified atom stereocenters. The molecule has 102 valence electrons. The molecule has 1 aliphatic rings. The number of ether oxygens (including phenoxy) is 1. The van der Waals surface area contributed by atoms with Crippen LogP contribution in [0.1, 0.15) is 46.0 Å². The summed E-state index contributed by atoms with van der Waals surface area (Å²) >= 11 is 0. The summed E-state index contributed by atoms with van der Waals surface area (Å²) in [6.45, 7) is 4.41. The largest absolute Gasteiger partial charge is 0.465 e. The maximum absolute atomic E-state index is 11.9. The maximum atomic E-state index is 11.9. The molecule has 1 atom stereocenters. The molecule has 0 aromatic rings. The first-order valence-electron chi connectivity index (χ1n) is 6.74. The molecule has 0 bridgehead atoms. The molecule has 0 saturated carbocycles. The number of nitrogens with one attached hydrogen (secondary N) is 1. The molecule has 0 aromatic heterocycles. The van der Waals surface area contributed by atoms with E-state index in [9.17, 15) is 4.79 Å². The molecule has 4 nitrogen and oxygen atoms in total. The SMILES string of the molecule is CCCCCCC(C(=O)OCC)C1=CC=CON1. The third-order valence-corrected chi connectivity index (χ3v) is 2.89. The van der Waals surface area contributed by atoms with E-state index in [4.69, 9.17) is 9.57 Å². The van der Waals surface area contributed by atoms with E-state index in [-0.39, 0.29) is 11.9 Å². The fourth-order valence-corrected chi connectivity index (χ4v) is 1.92. The Morgan fingerprint density at radius 3 is 2.83 bits per heavy atom. The lowest BCUT2D eigenvalue weighted by Crippen LogP contribution is -2.28. The fraction of sp³-hybridized carbons (Fsp3) is 0.643. The summed E-state index contributed by atoms with van der Waals surface area (Å²) in [6.07, 6.45) is 10.6. The Kier molecular flexibility index (Phi) is 6.99. The highest BCUT2D eigenvalue weighted by Gasteiger charge is 2.24. The van der Waals surface area contributed by atoms with Crippen molar-refractivity contribution in [1.82, 2.24) is 5.48 Å². The summed E-state index contributed by atoms with van der Waals surface area (Å²) in [5.74, 6) is -0.418. The normalized spacial score (nSPS) is 15.3. The summed E-state index contributed by atoms with van der Waals surface area (Å²) in [5, 5.41) is 0. The van der Waals surface area contributed by atoms with Crippen LogP contribution in [0, 0.1) is 5.92 Å². The molecule has 4 heteroatoms. The molecule has 0 aliphatic carbocycles. The molecule has 0 fully saturated rings. The van der Waals surface area contributed by atoms with Crippen LogP contribution in [0.15, 0.2) is 24.1 Å². The molecular formula is C14H23NO3. The standard InChI is InChI=1S/C14H23NO3/c1-3-5-6-7-9-12(14(16)17-4-2)13-10-8-11-18-15-13/h8,10-12,15H,3-7,9H2,1-2H3. The second-order valence-electron chi connectivity index (χ2n) is 4.32. The van der Waals surface area contributed by atoms with Gasteiger partial charge in [-0.2, -0.15) is 0 Å². The average Bonchev–Trinajstić information content (AvgIpc) is 2.40. The molecule has 1 N–H and O–H groups in total. The number of esters is 1. The van der Waals surface area contributed by atoms with Gasteiger partial charge >= 0.3 is 5.97 Å². The van der Waals surface area contributed by atoms with Gasteiger partial charge in [0.15, 0.2) is 0 Å². The molecular weight excluding hydrogens is 230 g/mol. The molecule has 0 aromatic carbocycles. The first-order chi connectivity index (χ1) is 8.79. The van der Waals surface area contributed by atoms with Crippen molar-refractivity contribution in [2.45, 2.75) is 46.0 Å². The highest BCUT2D eigenvalue weighted by atomic mass is 16.6. The van der Waals surface area contributed by atoms with Gasteiger partial charge in [0.25, 0.3) is 0 Å². The van der Waals surface area contributed by atoms with Crippen LogP contribution in [0.3, 0.4) is 0 Å². The van der Waals surface area contributed by atoms with Gasteiger partial charge in [0.2, 0.25) is 0 Å². The minimum absolute atomic E-state index is 0.174. The number of hydroxylamine groups is 1. The van der Waals surface area contributed by atoms with Gasteiger partial charge in [-0.3, -0.25) is 4.79 Å². The number of carbonyl (C=O) groups excluding carboxylic acids is 1. The van der Waals surface area contributed by atoms with Crippen LogP contribution in [-0.4, -0.2) is 12.6 Å². The molecule has 1 rings (SSSR count). The van der Waals surface area contributed by atoms with Crippen molar-refractivity contribution in [2.24, 2.45) is 5.92 Å². The van der Waals surface area contributed by atoms with Crippen molar-refractivity contribution in [1.29, 1.82) is 0 Å². The number of hydrogen-bond acceptors (Lipinski definition) is 4. The second-order valence-corrected chi connectivity index (χ2v) is 4.32. The first kappa shape index (κ1) is 14.6. The number of rotatable bonds is 8. The highest BCUT2D eigenvalue weighted by Crippen LogP contribution is 2.20. The Morgan fingerprint density at radius 1 is 1.39 bits per heavy atom. The van der Waals surface area contributed by atoms with Gasteiger partial charge in [0, 0.05) is 0 Å². The Hall–Kier alpha value is -1.45. The zero-order chi connectivity index (χ0) is 13.2. The summed E-state index contributed by atoms with van der Waals surface area (Å²) < 4.78 is 5.11. The topological polar surface area (TPSA) is 47.6 Å². The quantitative estimate of drug-likeness (QED) is 0.533. The van der Waals surface area contributed by atoms with Gasteiger partial charge in [-0.15, -0.1) is 0 Å². The monoisotopic (exact) mass is 253 g/mol.